The van der Waals surface area contributed by atoms with Crippen molar-refractivity contribution < 1.29 is 9.13 Å². The Balaban J connectivity index is 1.57. The van der Waals surface area contributed by atoms with E-state index >= 15 is 0 Å². The molecule has 6 nitrogen and oxygen atoms in total. The maximum Gasteiger partial charge on any atom is 0.236 e. The third-order valence-corrected chi connectivity index (χ3v) is 6.07. The minimum absolute atomic E-state index is 0.104. The maximum atomic E-state index is 13.8. The van der Waals surface area contributed by atoms with Crippen molar-refractivity contribution in [3.8, 4) is 11.7 Å². The Kier molecular flexibility index (Phi) is 4.17. The summed E-state index contributed by atoms with van der Waals surface area (Å²) in [5.74, 6) is 1.43. The van der Waals surface area contributed by atoms with Gasteiger partial charge in [0.15, 0.2) is 0 Å². The zero-order valence-electron chi connectivity index (χ0n) is 16.3. The smallest absolute Gasteiger partial charge is 0.236 e. The molecule has 154 valence electrons. The van der Waals surface area contributed by atoms with Crippen molar-refractivity contribution >= 4 is 33.7 Å². The number of aromatic amines is 1. The fraction of sp³-hybridized carbons (Fsp3) is 0.174. The summed E-state index contributed by atoms with van der Waals surface area (Å²) in [5, 5.41) is 0. The van der Waals surface area contributed by atoms with Crippen LogP contribution in [0.5, 0.6) is 5.75 Å². The molecule has 1 aliphatic heterocycles. The Bertz CT molecular complexity index is 1440. The number of benzene rings is 2. The van der Waals surface area contributed by atoms with Crippen molar-refractivity contribution in [3.63, 3.8) is 0 Å². The highest BCUT2D eigenvalue weighted by Gasteiger charge is 2.28. The molecular formula is C23H17ClFN5O. The van der Waals surface area contributed by atoms with Gasteiger partial charge in [-0.15, -0.1) is 11.6 Å². The molecule has 1 unspecified atom stereocenters. The fourth-order valence-electron chi connectivity index (χ4n) is 4.42. The van der Waals surface area contributed by atoms with Gasteiger partial charge in [-0.3, -0.25) is 4.57 Å². The number of fused-ring (bicyclic) bond motifs is 3. The standard InChI is InChI=1S/C23H17ClFN5O/c24-10-17-21(15-7-8-31-20-4-2-1-3-14(15)20)22-18(28-17)11-26-23(29-22)30-12-27-16-6-5-13(25)9-19(16)30/h1-6,9,11-12,15,28H,7-8,10H2. The number of para-hydroxylation sites is 1. The predicted molar refractivity (Wildman–Crippen MR) is 116 cm³/mol. The van der Waals surface area contributed by atoms with E-state index in [2.05, 4.69) is 21.0 Å². The number of hydrogen-bond donors (Lipinski definition) is 1. The van der Waals surface area contributed by atoms with Crippen molar-refractivity contribution in [3.05, 3.63) is 77.6 Å². The van der Waals surface area contributed by atoms with Gasteiger partial charge in [-0.25, -0.2) is 19.3 Å². The summed E-state index contributed by atoms with van der Waals surface area (Å²) in [6, 6.07) is 12.5. The molecule has 0 radical (unpaired) electrons. The van der Waals surface area contributed by atoms with Gasteiger partial charge in [0.05, 0.1) is 40.8 Å². The zero-order valence-corrected chi connectivity index (χ0v) is 17.1. The lowest BCUT2D eigenvalue weighted by Gasteiger charge is -2.26. The van der Waals surface area contributed by atoms with Crippen LogP contribution >= 0.6 is 11.6 Å². The van der Waals surface area contributed by atoms with E-state index in [1.165, 1.54) is 12.1 Å². The molecule has 6 rings (SSSR count). The normalized spacial score (nSPS) is 15.9. The number of alkyl halides is 1. The molecule has 0 bridgehead atoms. The second-order valence-electron chi connectivity index (χ2n) is 7.56. The lowest BCUT2D eigenvalue weighted by atomic mass is 9.86. The molecule has 1 N–H and O–H groups in total. The summed E-state index contributed by atoms with van der Waals surface area (Å²) in [4.78, 5) is 17.1. The second-order valence-corrected chi connectivity index (χ2v) is 7.83. The maximum absolute atomic E-state index is 13.8. The van der Waals surface area contributed by atoms with Crippen LogP contribution in [0.3, 0.4) is 0 Å². The number of aromatic nitrogens is 5. The molecular weight excluding hydrogens is 417 g/mol. The Labute approximate surface area is 181 Å². The Morgan fingerprint density at radius 3 is 3.00 bits per heavy atom. The number of H-pyrrole nitrogens is 1. The monoisotopic (exact) mass is 433 g/mol. The van der Waals surface area contributed by atoms with Gasteiger partial charge in [-0.2, -0.15) is 0 Å². The molecule has 0 amide bonds. The summed E-state index contributed by atoms with van der Waals surface area (Å²) in [7, 11) is 0. The summed E-state index contributed by atoms with van der Waals surface area (Å²) in [5.41, 5.74) is 6.02. The Hall–Kier alpha value is -3.45. The first-order valence-electron chi connectivity index (χ1n) is 10.0. The van der Waals surface area contributed by atoms with E-state index in [0.29, 0.717) is 29.5 Å². The Morgan fingerprint density at radius 1 is 1.19 bits per heavy atom. The van der Waals surface area contributed by atoms with Crippen LogP contribution in [0.15, 0.2) is 55.0 Å². The summed E-state index contributed by atoms with van der Waals surface area (Å²) in [6.07, 6.45) is 4.18. The van der Waals surface area contributed by atoms with Gasteiger partial charge in [-0.1, -0.05) is 18.2 Å². The van der Waals surface area contributed by atoms with Gasteiger partial charge in [0.1, 0.15) is 17.9 Å². The minimum atomic E-state index is -0.332. The van der Waals surface area contributed by atoms with E-state index in [1.54, 1.807) is 23.2 Å². The molecule has 1 aliphatic rings. The molecule has 31 heavy (non-hydrogen) atoms. The van der Waals surface area contributed by atoms with E-state index in [0.717, 1.165) is 40.0 Å². The predicted octanol–water partition coefficient (Wildman–Crippen LogP) is 5.09. The van der Waals surface area contributed by atoms with Crippen molar-refractivity contribution in [1.29, 1.82) is 0 Å². The lowest BCUT2D eigenvalue weighted by Crippen LogP contribution is -2.16. The molecule has 4 heterocycles. The van der Waals surface area contributed by atoms with Crippen LogP contribution in [-0.4, -0.2) is 31.1 Å². The highest BCUT2D eigenvalue weighted by molar-refractivity contribution is 6.17. The average molecular weight is 434 g/mol. The average Bonchev–Trinajstić information content (AvgIpc) is 3.39. The van der Waals surface area contributed by atoms with Crippen LogP contribution < -0.4 is 4.74 Å². The van der Waals surface area contributed by atoms with Gasteiger partial charge in [0.25, 0.3) is 0 Å². The van der Waals surface area contributed by atoms with Crippen molar-refractivity contribution in [2.45, 2.75) is 18.2 Å². The third kappa shape index (κ3) is 2.88. The van der Waals surface area contributed by atoms with Crippen LogP contribution in [-0.2, 0) is 5.88 Å². The number of nitrogens with zero attached hydrogens (tertiary/aromatic N) is 4. The van der Waals surface area contributed by atoms with Gasteiger partial charge in [0.2, 0.25) is 5.95 Å². The molecule has 8 heteroatoms. The van der Waals surface area contributed by atoms with Crippen LogP contribution in [0, 0.1) is 5.82 Å². The lowest BCUT2D eigenvalue weighted by molar-refractivity contribution is 0.277. The highest BCUT2D eigenvalue weighted by atomic mass is 35.5. The minimum Gasteiger partial charge on any atom is -0.493 e. The number of imidazole rings is 1. The number of nitrogens with one attached hydrogen (secondary N) is 1. The van der Waals surface area contributed by atoms with E-state index < -0.39 is 0 Å². The first-order chi connectivity index (χ1) is 15.2. The molecule has 0 saturated carbocycles. The van der Waals surface area contributed by atoms with Gasteiger partial charge >= 0.3 is 0 Å². The zero-order chi connectivity index (χ0) is 20.9. The molecule has 2 aromatic carbocycles. The molecule has 0 saturated heterocycles. The third-order valence-electron chi connectivity index (χ3n) is 5.81. The second kappa shape index (κ2) is 7.06. The first kappa shape index (κ1) is 18.3. The largest absolute Gasteiger partial charge is 0.493 e. The highest BCUT2D eigenvalue weighted by Crippen LogP contribution is 2.42. The number of halogens is 2. The summed E-state index contributed by atoms with van der Waals surface area (Å²) < 4.78 is 21.4. The van der Waals surface area contributed by atoms with Crippen LogP contribution in [0.1, 0.15) is 29.2 Å². The van der Waals surface area contributed by atoms with E-state index in [4.69, 9.17) is 21.3 Å². The van der Waals surface area contributed by atoms with E-state index in [-0.39, 0.29) is 11.7 Å². The molecule has 5 aromatic rings. The fourth-order valence-corrected chi connectivity index (χ4v) is 4.63. The SMILES string of the molecule is Fc1ccc2ncn(-c3ncc4[nH]c(CCl)c(C5CCOc6ccccc65)c4n3)c2c1. The molecule has 1 atom stereocenters. The van der Waals surface area contributed by atoms with Crippen LogP contribution in [0.2, 0.25) is 0 Å². The van der Waals surface area contributed by atoms with Crippen LogP contribution in [0.25, 0.3) is 28.0 Å². The molecule has 0 spiro atoms. The van der Waals surface area contributed by atoms with Crippen molar-refractivity contribution in [2.75, 3.05) is 6.61 Å². The van der Waals surface area contributed by atoms with Crippen molar-refractivity contribution in [2.24, 2.45) is 0 Å². The van der Waals surface area contributed by atoms with Gasteiger partial charge < -0.3 is 9.72 Å². The van der Waals surface area contributed by atoms with Crippen LogP contribution in [0.4, 0.5) is 4.39 Å². The summed E-state index contributed by atoms with van der Waals surface area (Å²) >= 11 is 6.32. The number of hydrogen-bond acceptors (Lipinski definition) is 4. The quantitative estimate of drug-likeness (QED) is 0.402. The van der Waals surface area contributed by atoms with Crippen molar-refractivity contribution in [1.82, 2.24) is 24.5 Å². The summed E-state index contributed by atoms with van der Waals surface area (Å²) in [6.45, 7) is 0.624. The topological polar surface area (TPSA) is 68.6 Å². The van der Waals surface area contributed by atoms with Gasteiger partial charge in [-0.05, 0) is 24.6 Å². The van der Waals surface area contributed by atoms with E-state index in [1.807, 2.05) is 18.2 Å². The molecule has 0 aliphatic carbocycles. The Morgan fingerprint density at radius 2 is 2.10 bits per heavy atom. The number of rotatable bonds is 3. The molecule has 3 aromatic heterocycles. The molecule has 0 fully saturated rings. The first-order valence-corrected chi connectivity index (χ1v) is 10.5. The van der Waals surface area contributed by atoms with Gasteiger partial charge in [0, 0.05) is 28.8 Å². The number of ether oxygens (including phenoxy) is 1. The van der Waals surface area contributed by atoms with E-state index in [9.17, 15) is 4.39 Å².